The van der Waals surface area contributed by atoms with Crippen molar-refractivity contribution in [2.45, 2.75) is 20.1 Å². The molecule has 30 heavy (non-hydrogen) atoms. The Labute approximate surface area is 167 Å². The lowest BCUT2D eigenvalue weighted by atomic mass is 10.0. The molecule has 1 atom stereocenters. The number of fused-ring (bicyclic) bond motifs is 4. The Kier molecular flexibility index (Phi) is 4.13. The van der Waals surface area contributed by atoms with Gasteiger partial charge in [0.15, 0.2) is 23.5 Å². The second kappa shape index (κ2) is 6.46. The smallest absolute Gasteiger partial charge is 0.347 e. The normalized spacial score (nSPS) is 16.3. The number of phenolic OH excluding ortho intramolecular Hbond substituents is 2. The first-order chi connectivity index (χ1) is 14.1. The Bertz CT molecular complexity index is 1180. The molecular formula is C19H12O11. The van der Waals surface area contributed by atoms with E-state index in [1.165, 1.54) is 6.92 Å². The number of aliphatic hydroxyl groups is 1. The summed E-state index contributed by atoms with van der Waals surface area (Å²) in [6.07, 6.45) is -1.69. The molecule has 11 heteroatoms. The zero-order valence-corrected chi connectivity index (χ0v) is 15.3. The predicted octanol–water partition coefficient (Wildman–Crippen LogP) is 1.63. The van der Waals surface area contributed by atoms with Crippen LogP contribution in [0, 0.1) is 6.92 Å². The lowest BCUT2D eigenvalue weighted by Crippen LogP contribution is -2.12. The van der Waals surface area contributed by atoms with E-state index in [0.29, 0.717) is 0 Å². The first kappa shape index (κ1) is 19.2. The molecule has 0 amide bonds. The Morgan fingerprint density at radius 2 is 1.80 bits per heavy atom. The van der Waals surface area contributed by atoms with Gasteiger partial charge in [0.2, 0.25) is 17.8 Å². The highest BCUT2D eigenvalue weighted by molar-refractivity contribution is 6.04. The third-order valence-electron chi connectivity index (χ3n) is 4.51. The minimum absolute atomic E-state index is 0.175. The molecule has 2 aromatic rings. The molecule has 2 aliphatic rings. The van der Waals surface area contributed by atoms with Gasteiger partial charge in [-0.15, -0.1) is 0 Å². The summed E-state index contributed by atoms with van der Waals surface area (Å²) in [5.41, 5.74) is -1.47. The van der Waals surface area contributed by atoms with Crippen LogP contribution in [-0.4, -0.2) is 39.5 Å². The van der Waals surface area contributed by atoms with E-state index in [2.05, 4.69) is 4.74 Å². The molecule has 0 spiro atoms. The fraction of sp³-hybridized carbons (Fsp3) is 0.158. The summed E-state index contributed by atoms with van der Waals surface area (Å²) in [5.74, 6) is -6.87. The van der Waals surface area contributed by atoms with E-state index in [0.717, 1.165) is 13.0 Å². The minimum Gasteiger partial charge on any atom is -0.507 e. The number of hydrogen-bond acceptors (Lipinski definition) is 11. The van der Waals surface area contributed by atoms with Crippen LogP contribution in [0.4, 0.5) is 0 Å². The molecular weight excluding hydrogens is 404 g/mol. The number of benzene rings is 2. The monoisotopic (exact) mass is 416 g/mol. The summed E-state index contributed by atoms with van der Waals surface area (Å²) in [6.45, 7) is 2.43. The number of cyclic esters (lactones) is 1. The Morgan fingerprint density at radius 1 is 1.10 bits per heavy atom. The third kappa shape index (κ3) is 2.56. The second-order valence-corrected chi connectivity index (χ2v) is 6.42. The van der Waals surface area contributed by atoms with Gasteiger partial charge < -0.3 is 34.3 Å². The van der Waals surface area contributed by atoms with Gasteiger partial charge in [-0.3, -0.25) is 9.59 Å². The number of aldehydes is 1. The van der Waals surface area contributed by atoms with Crippen molar-refractivity contribution in [3.63, 3.8) is 0 Å². The number of carbonyl (C=O) groups excluding carboxylic acids is 4. The van der Waals surface area contributed by atoms with Gasteiger partial charge in [-0.1, -0.05) is 0 Å². The molecule has 0 aromatic heterocycles. The Balaban J connectivity index is 2.11. The fourth-order valence-electron chi connectivity index (χ4n) is 3.29. The summed E-state index contributed by atoms with van der Waals surface area (Å²) < 4.78 is 20.5. The van der Waals surface area contributed by atoms with Crippen LogP contribution in [0.25, 0.3) is 0 Å². The summed E-state index contributed by atoms with van der Waals surface area (Å²) in [6, 6.07) is 1.14. The zero-order valence-electron chi connectivity index (χ0n) is 15.3. The average Bonchev–Trinajstić information content (AvgIpc) is 2.85. The van der Waals surface area contributed by atoms with Crippen LogP contribution in [0.1, 0.15) is 55.4 Å². The van der Waals surface area contributed by atoms with E-state index in [1.54, 1.807) is 0 Å². The first-order valence-electron chi connectivity index (χ1n) is 8.37. The Hall–Kier alpha value is -4.12. The average molecular weight is 416 g/mol. The highest BCUT2D eigenvalue weighted by atomic mass is 16.6. The van der Waals surface area contributed by atoms with Crippen molar-refractivity contribution in [1.82, 2.24) is 0 Å². The Morgan fingerprint density at radius 3 is 2.43 bits per heavy atom. The number of aromatic hydroxyl groups is 2. The maximum atomic E-state index is 12.8. The molecule has 0 radical (unpaired) electrons. The number of carbonyl (C=O) groups is 4. The molecule has 0 saturated heterocycles. The molecule has 0 bridgehead atoms. The van der Waals surface area contributed by atoms with Crippen LogP contribution in [-0.2, 0) is 9.53 Å². The van der Waals surface area contributed by atoms with Crippen molar-refractivity contribution in [3.8, 4) is 34.5 Å². The van der Waals surface area contributed by atoms with Crippen molar-refractivity contribution in [2.24, 2.45) is 0 Å². The van der Waals surface area contributed by atoms with E-state index in [-0.39, 0.29) is 17.4 Å². The van der Waals surface area contributed by atoms with Crippen molar-refractivity contribution in [1.29, 1.82) is 0 Å². The van der Waals surface area contributed by atoms with E-state index in [9.17, 15) is 34.5 Å². The number of ether oxygens (including phenoxy) is 4. The van der Waals surface area contributed by atoms with Crippen LogP contribution >= 0.6 is 0 Å². The molecule has 2 aliphatic heterocycles. The van der Waals surface area contributed by atoms with Gasteiger partial charge in [-0.2, -0.15) is 0 Å². The van der Waals surface area contributed by atoms with Crippen molar-refractivity contribution >= 4 is 24.2 Å². The molecule has 0 saturated carbocycles. The molecule has 0 aliphatic carbocycles. The SMILES string of the molecule is CC(=O)Oc1c(O)c2c(c3c1OC(=O)c1c(C)cc(O)c(C=O)c1O3)C(O)OC2=O. The van der Waals surface area contributed by atoms with Gasteiger partial charge in [0, 0.05) is 6.92 Å². The predicted molar refractivity (Wildman–Crippen MR) is 93.1 cm³/mol. The van der Waals surface area contributed by atoms with Crippen LogP contribution in [0.2, 0.25) is 0 Å². The van der Waals surface area contributed by atoms with Gasteiger partial charge in [-0.25, -0.2) is 9.59 Å². The second-order valence-electron chi connectivity index (χ2n) is 6.42. The standard InChI is InChI=1S/C19H12O11/c1-5-3-8(22)7(4-20)13-9(5)17(24)29-16-14(28-13)11-10(18(25)30-19(11)26)12(23)15(16)27-6(2)21/h3-4,19,22-23,26H,1-2H3. The largest absolute Gasteiger partial charge is 0.507 e. The van der Waals surface area contributed by atoms with Crippen LogP contribution < -0.4 is 14.2 Å². The topological polar surface area (TPSA) is 166 Å². The molecule has 11 nitrogen and oxygen atoms in total. The molecule has 3 N–H and O–H groups in total. The zero-order chi connectivity index (χ0) is 21.9. The number of esters is 3. The summed E-state index contributed by atoms with van der Waals surface area (Å²) in [4.78, 5) is 47.9. The molecule has 2 heterocycles. The number of aryl methyl sites for hydroxylation is 1. The van der Waals surface area contributed by atoms with E-state index in [4.69, 9.17) is 14.2 Å². The highest BCUT2D eigenvalue weighted by Gasteiger charge is 2.44. The maximum absolute atomic E-state index is 12.8. The first-order valence-corrected chi connectivity index (χ1v) is 8.37. The number of rotatable bonds is 2. The van der Waals surface area contributed by atoms with Gasteiger partial charge in [0.1, 0.15) is 16.9 Å². The van der Waals surface area contributed by atoms with Crippen molar-refractivity contribution in [3.05, 3.63) is 33.9 Å². The third-order valence-corrected chi connectivity index (χ3v) is 4.51. The summed E-state index contributed by atoms with van der Waals surface area (Å²) >= 11 is 0. The molecule has 0 fully saturated rings. The van der Waals surface area contributed by atoms with Crippen molar-refractivity contribution < 1.29 is 53.4 Å². The van der Waals surface area contributed by atoms with E-state index in [1.807, 2.05) is 0 Å². The molecule has 1 unspecified atom stereocenters. The van der Waals surface area contributed by atoms with Gasteiger partial charge >= 0.3 is 17.9 Å². The van der Waals surface area contributed by atoms with E-state index >= 15 is 0 Å². The van der Waals surface area contributed by atoms with Gasteiger partial charge in [-0.05, 0) is 18.6 Å². The maximum Gasteiger partial charge on any atom is 0.347 e. The quantitative estimate of drug-likeness (QED) is 0.370. The highest BCUT2D eigenvalue weighted by Crippen LogP contribution is 2.57. The van der Waals surface area contributed by atoms with Crippen LogP contribution in [0.15, 0.2) is 6.07 Å². The number of aliphatic hydroxyl groups excluding tert-OH is 1. The molecule has 154 valence electrons. The van der Waals surface area contributed by atoms with Gasteiger partial charge in [0.25, 0.3) is 0 Å². The minimum atomic E-state index is -1.92. The molecule has 2 aromatic carbocycles. The summed E-state index contributed by atoms with van der Waals surface area (Å²) in [5, 5.41) is 30.7. The van der Waals surface area contributed by atoms with E-state index < -0.39 is 75.4 Å². The van der Waals surface area contributed by atoms with Gasteiger partial charge in [0.05, 0.1) is 11.1 Å². The number of phenols is 2. The lowest BCUT2D eigenvalue weighted by Gasteiger charge is -2.17. The fourth-order valence-corrected chi connectivity index (χ4v) is 3.29. The van der Waals surface area contributed by atoms with Crippen LogP contribution in [0.5, 0.6) is 34.5 Å². The molecule has 4 rings (SSSR count). The van der Waals surface area contributed by atoms with Crippen LogP contribution in [0.3, 0.4) is 0 Å². The summed E-state index contributed by atoms with van der Waals surface area (Å²) in [7, 11) is 0. The number of hydrogen-bond donors (Lipinski definition) is 3. The lowest BCUT2D eigenvalue weighted by molar-refractivity contribution is -0.132. The van der Waals surface area contributed by atoms with Crippen molar-refractivity contribution in [2.75, 3.05) is 0 Å².